The van der Waals surface area contributed by atoms with Crippen LogP contribution < -0.4 is 16.0 Å². The number of hydrogen-bond acceptors (Lipinski definition) is 6. The first kappa shape index (κ1) is 12.3. The number of nitrogen functional groups attached to an aromatic ring is 1. The van der Waals surface area contributed by atoms with Crippen molar-refractivity contribution in [1.29, 1.82) is 0 Å². The highest BCUT2D eigenvalue weighted by molar-refractivity contribution is 5.96. The fraction of sp³-hybridized carbons (Fsp3) is 0.143. The second-order valence-electron chi connectivity index (χ2n) is 4.73. The normalized spacial score (nSPS) is 10.7. The van der Waals surface area contributed by atoms with Crippen LogP contribution >= 0.6 is 0 Å². The molecule has 0 unspecified atom stereocenters. The monoisotopic (exact) mass is 269 g/mol. The summed E-state index contributed by atoms with van der Waals surface area (Å²) < 4.78 is 4.75. The Bertz CT molecular complexity index is 733. The summed E-state index contributed by atoms with van der Waals surface area (Å²) in [6, 6.07) is 11.7. The zero-order valence-electron chi connectivity index (χ0n) is 11.3. The molecular formula is C14H15N5O. The van der Waals surface area contributed by atoms with Gasteiger partial charge in [0, 0.05) is 25.5 Å². The molecule has 0 saturated heterocycles. The Labute approximate surface area is 116 Å². The molecule has 2 aromatic carbocycles. The fourth-order valence-electron chi connectivity index (χ4n) is 1.98. The van der Waals surface area contributed by atoms with Gasteiger partial charge in [0.2, 0.25) is 0 Å². The molecule has 0 aliphatic heterocycles. The minimum Gasteiger partial charge on any atom is -0.397 e. The van der Waals surface area contributed by atoms with Crippen LogP contribution in [0.25, 0.3) is 11.0 Å². The van der Waals surface area contributed by atoms with Gasteiger partial charge in [0.25, 0.3) is 0 Å². The largest absolute Gasteiger partial charge is 0.397 e. The van der Waals surface area contributed by atoms with Gasteiger partial charge >= 0.3 is 0 Å². The average Bonchev–Trinajstić information content (AvgIpc) is 2.93. The molecule has 6 heteroatoms. The lowest BCUT2D eigenvalue weighted by Gasteiger charge is -2.13. The maximum absolute atomic E-state index is 5.82. The summed E-state index contributed by atoms with van der Waals surface area (Å²) in [5, 5.41) is 11.0. The molecule has 0 saturated carbocycles. The molecule has 3 aromatic rings. The Morgan fingerprint density at radius 2 is 1.70 bits per heavy atom. The van der Waals surface area contributed by atoms with Crippen LogP contribution in [-0.4, -0.2) is 24.4 Å². The van der Waals surface area contributed by atoms with Crippen LogP contribution in [0.15, 0.2) is 41.0 Å². The topological polar surface area (TPSA) is 80.2 Å². The van der Waals surface area contributed by atoms with E-state index in [1.165, 1.54) is 0 Å². The minimum absolute atomic E-state index is 0.551. The summed E-state index contributed by atoms with van der Waals surface area (Å²) in [6.45, 7) is 0. The van der Waals surface area contributed by atoms with E-state index in [0.29, 0.717) is 16.7 Å². The Hall–Kier alpha value is -2.76. The predicted molar refractivity (Wildman–Crippen MR) is 80.3 cm³/mol. The lowest BCUT2D eigenvalue weighted by atomic mass is 10.2. The number of hydrogen-bond donors (Lipinski definition) is 2. The van der Waals surface area contributed by atoms with Crippen molar-refractivity contribution in [2.75, 3.05) is 30.0 Å². The molecule has 0 atom stereocenters. The molecule has 0 bridgehead atoms. The fourth-order valence-corrected chi connectivity index (χ4v) is 1.98. The van der Waals surface area contributed by atoms with Crippen molar-refractivity contribution in [2.24, 2.45) is 0 Å². The van der Waals surface area contributed by atoms with Crippen LogP contribution in [0.5, 0.6) is 0 Å². The Kier molecular flexibility index (Phi) is 2.90. The molecule has 0 radical (unpaired) electrons. The van der Waals surface area contributed by atoms with Crippen molar-refractivity contribution in [3.63, 3.8) is 0 Å². The lowest BCUT2D eigenvalue weighted by molar-refractivity contribution is 0.316. The molecule has 0 spiro atoms. The van der Waals surface area contributed by atoms with E-state index in [2.05, 4.69) is 15.6 Å². The number of rotatable bonds is 3. The van der Waals surface area contributed by atoms with Crippen molar-refractivity contribution < 1.29 is 4.63 Å². The van der Waals surface area contributed by atoms with E-state index in [4.69, 9.17) is 10.4 Å². The van der Waals surface area contributed by atoms with Crippen LogP contribution in [0.3, 0.4) is 0 Å². The zero-order chi connectivity index (χ0) is 14.1. The highest BCUT2D eigenvalue weighted by atomic mass is 16.6. The number of benzene rings is 2. The van der Waals surface area contributed by atoms with E-state index in [0.717, 1.165) is 17.1 Å². The third-order valence-electron chi connectivity index (χ3n) is 3.11. The number of aromatic nitrogens is 2. The van der Waals surface area contributed by atoms with Gasteiger partial charge in [-0.25, -0.2) is 4.63 Å². The molecule has 0 aliphatic carbocycles. The highest BCUT2D eigenvalue weighted by Gasteiger charge is 2.10. The number of anilines is 4. The van der Waals surface area contributed by atoms with Crippen LogP contribution in [0.4, 0.5) is 22.7 Å². The van der Waals surface area contributed by atoms with Gasteiger partial charge < -0.3 is 16.0 Å². The molecule has 1 aromatic heterocycles. The molecule has 6 nitrogen and oxygen atoms in total. The summed E-state index contributed by atoms with van der Waals surface area (Å²) in [5.74, 6) is 0. The van der Waals surface area contributed by atoms with E-state index in [1.807, 2.05) is 49.3 Å². The second kappa shape index (κ2) is 4.73. The Morgan fingerprint density at radius 1 is 1.00 bits per heavy atom. The van der Waals surface area contributed by atoms with Gasteiger partial charge in [-0.1, -0.05) is 0 Å². The van der Waals surface area contributed by atoms with Crippen molar-refractivity contribution >= 4 is 33.8 Å². The molecule has 0 fully saturated rings. The smallest absolute Gasteiger partial charge is 0.160 e. The SMILES string of the molecule is CN(C)c1ccc(Nc2ccc(N)c3nonc23)cc1. The standard InChI is InChI=1S/C14H15N5O/c1-19(2)10-5-3-9(4-6-10)16-12-8-7-11(15)13-14(12)18-20-17-13/h3-8,16H,15H2,1-2H3. The average molecular weight is 269 g/mol. The van der Waals surface area contributed by atoms with Gasteiger partial charge in [-0.3, -0.25) is 0 Å². The van der Waals surface area contributed by atoms with Gasteiger partial charge in [0.1, 0.15) is 0 Å². The van der Waals surface area contributed by atoms with Gasteiger partial charge in [0.15, 0.2) is 11.0 Å². The molecule has 3 N–H and O–H groups in total. The summed E-state index contributed by atoms with van der Waals surface area (Å²) in [7, 11) is 4.01. The van der Waals surface area contributed by atoms with Crippen molar-refractivity contribution in [1.82, 2.24) is 10.3 Å². The van der Waals surface area contributed by atoms with E-state index >= 15 is 0 Å². The lowest BCUT2D eigenvalue weighted by Crippen LogP contribution is -2.08. The van der Waals surface area contributed by atoms with E-state index < -0.39 is 0 Å². The molecular weight excluding hydrogens is 254 g/mol. The van der Waals surface area contributed by atoms with Crippen molar-refractivity contribution in [3.05, 3.63) is 36.4 Å². The maximum Gasteiger partial charge on any atom is 0.160 e. The first-order valence-electron chi connectivity index (χ1n) is 6.20. The summed E-state index contributed by atoms with van der Waals surface area (Å²) in [4.78, 5) is 2.05. The van der Waals surface area contributed by atoms with Crippen molar-refractivity contribution in [3.8, 4) is 0 Å². The molecule has 1 heterocycles. The summed E-state index contributed by atoms with van der Waals surface area (Å²) in [6.07, 6.45) is 0. The number of nitrogens with one attached hydrogen (secondary N) is 1. The molecule has 0 amide bonds. The second-order valence-corrected chi connectivity index (χ2v) is 4.73. The Balaban J connectivity index is 1.93. The maximum atomic E-state index is 5.82. The van der Waals surface area contributed by atoms with Crippen LogP contribution in [0, 0.1) is 0 Å². The van der Waals surface area contributed by atoms with E-state index in [9.17, 15) is 0 Å². The zero-order valence-corrected chi connectivity index (χ0v) is 11.3. The van der Waals surface area contributed by atoms with Gasteiger partial charge in [0.05, 0.1) is 11.4 Å². The number of fused-ring (bicyclic) bond motifs is 1. The quantitative estimate of drug-likeness (QED) is 0.711. The van der Waals surface area contributed by atoms with Crippen molar-refractivity contribution in [2.45, 2.75) is 0 Å². The van der Waals surface area contributed by atoms with Gasteiger partial charge in [-0.15, -0.1) is 0 Å². The van der Waals surface area contributed by atoms with Crippen LogP contribution in [0.1, 0.15) is 0 Å². The predicted octanol–water partition coefficient (Wildman–Crippen LogP) is 2.61. The molecule has 0 aliphatic rings. The summed E-state index contributed by atoms with van der Waals surface area (Å²) in [5.41, 5.74) is 10.5. The third kappa shape index (κ3) is 2.11. The Morgan fingerprint density at radius 3 is 2.40 bits per heavy atom. The number of nitrogens with two attached hydrogens (primary N) is 1. The van der Waals surface area contributed by atoms with Gasteiger partial charge in [-0.2, -0.15) is 0 Å². The summed E-state index contributed by atoms with van der Waals surface area (Å²) >= 11 is 0. The first-order valence-corrected chi connectivity index (χ1v) is 6.20. The highest BCUT2D eigenvalue weighted by Crippen LogP contribution is 2.28. The van der Waals surface area contributed by atoms with Crippen LogP contribution in [0.2, 0.25) is 0 Å². The van der Waals surface area contributed by atoms with E-state index in [-0.39, 0.29) is 0 Å². The van der Waals surface area contributed by atoms with Crippen LogP contribution in [-0.2, 0) is 0 Å². The van der Waals surface area contributed by atoms with Gasteiger partial charge in [-0.05, 0) is 46.7 Å². The van der Waals surface area contributed by atoms with E-state index in [1.54, 1.807) is 6.07 Å². The third-order valence-corrected chi connectivity index (χ3v) is 3.11. The molecule has 20 heavy (non-hydrogen) atoms. The minimum atomic E-state index is 0.551. The molecule has 3 rings (SSSR count). The number of nitrogens with zero attached hydrogens (tertiary/aromatic N) is 3. The first-order chi connectivity index (χ1) is 9.65. The molecule has 102 valence electrons.